The van der Waals surface area contributed by atoms with E-state index in [4.69, 9.17) is 16.3 Å². The van der Waals surface area contributed by atoms with Crippen molar-refractivity contribution >= 4 is 29.2 Å². The molecule has 0 saturated heterocycles. The standard InChI is InChI=1S/C26H14ClF4NO3/c27-16-4-1-14(2-5-16)26(34)35-24-10-3-15(19-8-6-17(28)12-21(19)30)11-20(24)25(33)32-23-9-7-18(29)13-22(23)31/h1-13H,(H,32,33). The molecule has 0 spiro atoms. The SMILES string of the molecule is O=C(Oc1ccc(-c2ccc(F)cc2F)cc1C(=O)Nc1ccc(F)cc1F)c1ccc(Cl)cc1. The Kier molecular flexibility index (Phi) is 6.84. The number of nitrogens with one attached hydrogen (secondary N) is 1. The number of esters is 1. The summed E-state index contributed by atoms with van der Waals surface area (Å²) >= 11 is 5.83. The lowest BCUT2D eigenvalue weighted by Gasteiger charge is -2.14. The van der Waals surface area contributed by atoms with Crippen molar-refractivity contribution in [3.63, 3.8) is 0 Å². The number of ether oxygens (including phenoxy) is 1. The van der Waals surface area contributed by atoms with Gasteiger partial charge in [0.1, 0.15) is 29.0 Å². The highest BCUT2D eigenvalue weighted by Crippen LogP contribution is 2.30. The highest BCUT2D eigenvalue weighted by atomic mass is 35.5. The van der Waals surface area contributed by atoms with Crippen molar-refractivity contribution in [1.29, 1.82) is 0 Å². The Morgan fingerprint density at radius 3 is 2.06 bits per heavy atom. The smallest absolute Gasteiger partial charge is 0.343 e. The van der Waals surface area contributed by atoms with Crippen LogP contribution in [0, 0.1) is 23.3 Å². The molecule has 0 aliphatic heterocycles. The maximum atomic E-state index is 14.3. The van der Waals surface area contributed by atoms with Crippen molar-refractivity contribution in [3.05, 3.63) is 118 Å². The van der Waals surface area contributed by atoms with Crippen molar-refractivity contribution < 1.29 is 31.9 Å². The van der Waals surface area contributed by atoms with Gasteiger partial charge in [0.25, 0.3) is 5.91 Å². The van der Waals surface area contributed by atoms with Crippen LogP contribution in [0.15, 0.2) is 78.9 Å². The molecule has 0 aliphatic carbocycles. The van der Waals surface area contributed by atoms with Crippen molar-refractivity contribution in [1.82, 2.24) is 0 Å². The van der Waals surface area contributed by atoms with E-state index in [0.29, 0.717) is 17.2 Å². The zero-order chi connectivity index (χ0) is 25.1. The lowest BCUT2D eigenvalue weighted by Crippen LogP contribution is -2.17. The summed E-state index contributed by atoms with van der Waals surface area (Å²) in [6, 6.07) is 15.1. The van der Waals surface area contributed by atoms with E-state index in [1.807, 2.05) is 0 Å². The van der Waals surface area contributed by atoms with Gasteiger partial charge >= 0.3 is 5.97 Å². The van der Waals surface area contributed by atoms with Crippen molar-refractivity contribution in [2.24, 2.45) is 0 Å². The second-order valence-electron chi connectivity index (χ2n) is 7.31. The maximum Gasteiger partial charge on any atom is 0.343 e. The highest BCUT2D eigenvalue weighted by Gasteiger charge is 2.20. The normalized spacial score (nSPS) is 10.7. The van der Waals surface area contributed by atoms with E-state index in [9.17, 15) is 27.2 Å². The quantitative estimate of drug-likeness (QED) is 0.182. The Morgan fingerprint density at radius 2 is 1.40 bits per heavy atom. The minimum absolute atomic E-state index is 0.0241. The van der Waals surface area contributed by atoms with Crippen LogP contribution in [0.25, 0.3) is 11.1 Å². The second-order valence-corrected chi connectivity index (χ2v) is 7.75. The van der Waals surface area contributed by atoms with E-state index in [1.54, 1.807) is 0 Å². The molecular weight excluding hydrogens is 486 g/mol. The molecule has 0 atom stereocenters. The van der Waals surface area contributed by atoms with Gasteiger partial charge in [-0.15, -0.1) is 0 Å². The molecule has 0 aliphatic rings. The van der Waals surface area contributed by atoms with Gasteiger partial charge in [0, 0.05) is 22.7 Å². The zero-order valence-electron chi connectivity index (χ0n) is 17.6. The number of amides is 1. The largest absolute Gasteiger partial charge is 0.422 e. The van der Waals surface area contributed by atoms with E-state index >= 15 is 0 Å². The third-order valence-corrected chi connectivity index (χ3v) is 5.18. The molecule has 176 valence electrons. The summed E-state index contributed by atoms with van der Waals surface area (Å²) in [6.07, 6.45) is 0. The molecule has 0 bridgehead atoms. The first-order valence-electron chi connectivity index (χ1n) is 10.0. The number of halogens is 5. The summed E-state index contributed by atoms with van der Waals surface area (Å²) in [6.45, 7) is 0. The van der Waals surface area contributed by atoms with Crippen LogP contribution >= 0.6 is 11.6 Å². The number of rotatable bonds is 5. The minimum Gasteiger partial charge on any atom is -0.422 e. The molecule has 0 fully saturated rings. The summed E-state index contributed by atoms with van der Waals surface area (Å²) < 4.78 is 60.4. The lowest BCUT2D eigenvalue weighted by atomic mass is 10.0. The van der Waals surface area contributed by atoms with Gasteiger partial charge in [-0.25, -0.2) is 22.4 Å². The van der Waals surface area contributed by atoms with Gasteiger partial charge in [-0.2, -0.15) is 0 Å². The number of carbonyl (C=O) groups is 2. The molecule has 4 rings (SSSR count). The molecule has 0 unspecified atom stereocenters. The third kappa shape index (κ3) is 5.50. The van der Waals surface area contributed by atoms with Crippen LogP contribution in [0.1, 0.15) is 20.7 Å². The highest BCUT2D eigenvalue weighted by molar-refractivity contribution is 6.30. The summed E-state index contributed by atoms with van der Waals surface area (Å²) in [4.78, 5) is 25.6. The Hall–Kier alpha value is -4.17. The molecule has 1 N–H and O–H groups in total. The molecule has 9 heteroatoms. The van der Waals surface area contributed by atoms with Gasteiger partial charge in [0.15, 0.2) is 0 Å². The molecule has 4 aromatic rings. The summed E-state index contributed by atoms with van der Waals surface area (Å²) in [5, 5.41) is 2.67. The Bertz CT molecular complexity index is 1440. The predicted octanol–water partition coefficient (Wildman–Crippen LogP) is 7.03. The van der Waals surface area contributed by atoms with Gasteiger partial charge in [0.05, 0.1) is 16.8 Å². The van der Waals surface area contributed by atoms with E-state index in [2.05, 4.69) is 5.32 Å². The minimum atomic E-state index is -1.03. The van der Waals surface area contributed by atoms with Crippen molar-refractivity contribution in [2.45, 2.75) is 0 Å². The fourth-order valence-electron chi connectivity index (χ4n) is 3.21. The summed E-state index contributed by atoms with van der Waals surface area (Å²) in [7, 11) is 0. The van der Waals surface area contributed by atoms with Gasteiger partial charge in [-0.3, -0.25) is 4.79 Å². The first-order valence-corrected chi connectivity index (χ1v) is 10.4. The fraction of sp³-hybridized carbons (Fsp3) is 0. The average Bonchev–Trinajstić information content (AvgIpc) is 2.81. The van der Waals surface area contributed by atoms with Gasteiger partial charge < -0.3 is 10.1 Å². The van der Waals surface area contributed by atoms with Crippen LogP contribution in [0.4, 0.5) is 23.2 Å². The van der Waals surface area contributed by atoms with Crippen LogP contribution in [0.3, 0.4) is 0 Å². The first kappa shape index (κ1) is 24.0. The molecule has 0 heterocycles. The fourth-order valence-corrected chi connectivity index (χ4v) is 3.34. The molecule has 0 radical (unpaired) electrons. The lowest BCUT2D eigenvalue weighted by molar-refractivity contribution is 0.0733. The maximum absolute atomic E-state index is 14.3. The van der Waals surface area contributed by atoms with Crippen molar-refractivity contribution in [2.75, 3.05) is 5.32 Å². The number of anilines is 1. The number of hydrogen-bond acceptors (Lipinski definition) is 3. The third-order valence-electron chi connectivity index (χ3n) is 4.93. The molecule has 4 nitrogen and oxygen atoms in total. The summed E-state index contributed by atoms with van der Waals surface area (Å²) in [5.74, 6) is -5.48. The van der Waals surface area contributed by atoms with Crippen LogP contribution in [-0.4, -0.2) is 11.9 Å². The monoisotopic (exact) mass is 499 g/mol. The van der Waals surface area contributed by atoms with Gasteiger partial charge in [-0.05, 0) is 66.2 Å². The van der Waals surface area contributed by atoms with E-state index in [1.165, 1.54) is 48.5 Å². The topological polar surface area (TPSA) is 55.4 Å². The van der Waals surface area contributed by atoms with E-state index in [0.717, 1.165) is 18.2 Å². The first-order chi connectivity index (χ1) is 16.7. The number of carbonyl (C=O) groups excluding carboxylic acids is 2. The van der Waals surface area contributed by atoms with E-state index in [-0.39, 0.29) is 33.7 Å². The van der Waals surface area contributed by atoms with Crippen molar-refractivity contribution in [3.8, 4) is 16.9 Å². The Labute approximate surface area is 201 Å². The second kappa shape index (κ2) is 9.99. The van der Waals surface area contributed by atoms with Crippen LogP contribution < -0.4 is 10.1 Å². The van der Waals surface area contributed by atoms with E-state index < -0.39 is 35.1 Å². The predicted molar refractivity (Wildman–Crippen MR) is 123 cm³/mol. The molecule has 4 aromatic carbocycles. The molecular formula is C26H14ClF4NO3. The zero-order valence-corrected chi connectivity index (χ0v) is 18.4. The van der Waals surface area contributed by atoms with Gasteiger partial charge in [0.2, 0.25) is 0 Å². The molecule has 35 heavy (non-hydrogen) atoms. The van der Waals surface area contributed by atoms with Crippen LogP contribution in [0.2, 0.25) is 5.02 Å². The van der Waals surface area contributed by atoms with Crippen LogP contribution in [0.5, 0.6) is 5.75 Å². The number of benzene rings is 4. The Balaban J connectivity index is 1.73. The average molecular weight is 500 g/mol. The molecule has 0 saturated carbocycles. The molecule has 0 aromatic heterocycles. The molecule has 1 amide bonds. The summed E-state index contributed by atoms with van der Waals surface area (Å²) in [5.41, 5.74) is -0.302. The van der Waals surface area contributed by atoms with Crippen LogP contribution in [-0.2, 0) is 0 Å². The Morgan fingerprint density at radius 1 is 0.743 bits per heavy atom. The van der Waals surface area contributed by atoms with Gasteiger partial charge in [-0.1, -0.05) is 17.7 Å². The number of hydrogen-bond donors (Lipinski definition) is 1.